The average Bonchev–Trinajstić information content (AvgIpc) is 2.32. The second-order valence-electron chi connectivity index (χ2n) is 4.99. The Morgan fingerprint density at radius 2 is 2.05 bits per heavy atom. The zero-order valence-corrected chi connectivity index (χ0v) is 12.0. The van der Waals surface area contributed by atoms with Crippen molar-refractivity contribution in [2.45, 2.75) is 23.8 Å². The predicted octanol–water partition coefficient (Wildman–Crippen LogP) is -0.0511. The third kappa shape index (κ3) is 3.40. The predicted molar refractivity (Wildman–Crippen MR) is 76.5 cm³/mol. The second kappa shape index (κ2) is 5.29. The molecule has 0 bridgehead atoms. The first kappa shape index (κ1) is 14.6. The SMILES string of the molecule is CN1CC(Nc2cc(N)cc(S(N)(=O)=O)c2)CCC1=O. The number of hydrogen-bond donors (Lipinski definition) is 3. The molecule has 0 aromatic heterocycles. The van der Waals surface area contributed by atoms with Crippen molar-refractivity contribution in [3.05, 3.63) is 18.2 Å². The molecular weight excluding hydrogens is 280 g/mol. The summed E-state index contributed by atoms with van der Waals surface area (Å²) in [5.41, 5.74) is 6.59. The van der Waals surface area contributed by atoms with E-state index in [1.165, 1.54) is 12.1 Å². The van der Waals surface area contributed by atoms with Crippen molar-refractivity contribution in [1.82, 2.24) is 4.90 Å². The highest BCUT2D eigenvalue weighted by Gasteiger charge is 2.23. The fourth-order valence-corrected chi connectivity index (χ4v) is 2.83. The van der Waals surface area contributed by atoms with Crippen LogP contribution in [0.3, 0.4) is 0 Å². The Morgan fingerprint density at radius 3 is 2.65 bits per heavy atom. The number of primary sulfonamides is 1. The molecule has 1 amide bonds. The van der Waals surface area contributed by atoms with Crippen LogP contribution >= 0.6 is 0 Å². The smallest absolute Gasteiger partial charge is 0.238 e. The van der Waals surface area contributed by atoms with E-state index in [9.17, 15) is 13.2 Å². The topological polar surface area (TPSA) is 119 Å². The largest absolute Gasteiger partial charge is 0.399 e. The molecule has 1 aliphatic heterocycles. The van der Waals surface area contributed by atoms with E-state index in [0.717, 1.165) is 0 Å². The highest BCUT2D eigenvalue weighted by atomic mass is 32.2. The molecule has 110 valence electrons. The number of hydrogen-bond acceptors (Lipinski definition) is 5. The molecule has 1 atom stereocenters. The fraction of sp³-hybridized carbons (Fsp3) is 0.417. The molecule has 1 aromatic carbocycles. The summed E-state index contributed by atoms with van der Waals surface area (Å²) in [4.78, 5) is 13.0. The average molecular weight is 298 g/mol. The van der Waals surface area contributed by atoms with Crippen LogP contribution in [0.5, 0.6) is 0 Å². The summed E-state index contributed by atoms with van der Waals surface area (Å²) < 4.78 is 22.7. The number of benzene rings is 1. The lowest BCUT2D eigenvalue weighted by atomic mass is 10.1. The minimum atomic E-state index is -3.79. The Balaban J connectivity index is 2.18. The van der Waals surface area contributed by atoms with Crippen molar-refractivity contribution in [3.8, 4) is 0 Å². The van der Waals surface area contributed by atoms with Crippen molar-refractivity contribution >= 4 is 27.3 Å². The molecule has 0 saturated carbocycles. The maximum atomic E-state index is 11.4. The molecule has 8 heteroatoms. The van der Waals surface area contributed by atoms with Crippen molar-refractivity contribution in [3.63, 3.8) is 0 Å². The van der Waals surface area contributed by atoms with E-state index in [2.05, 4.69) is 5.32 Å². The summed E-state index contributed by atoms with van der Waals surface area (Å²) >= 11 is 0. The number of nitrogens with zero attached hydrogens (tertiary/aromatic N) is 1. The summed E-state index contributed by atoms with van der Waals surface area (Å²) in [6.07, 6.45) is 1.17. The van der Waals surface area contributed by atoms with Crippen molar-refractivity contribution in [1.29, 1.82) is 0 Å². The van der Waals surface area contributed by atoms with Crippen LogP contribution in [0.25, 0.3) is 0 Å². The van der Waals surface area contributed by atoms with Gasteiger partial charge in [0.15, 0.2) is 0 Å². The van der Waals surface area contributed by atoms with Gasteiger partial charge in [-0.1, -0.05) is 0 Å². The number of carbonyl (C=O) groups excluding carboxylic acids is 1. The van der Waals surface area contributed by atoms with Crippen LogP contribution in [-0.2, 0) is 14.8 Å². The van der Waals surface area contributed by atoms with Gasteiger partial charge in [0, 0.05) is 37.4 Å². The lowest BCUT2D eigenvalue weighted by Crippen LogP contribution is -2.43. The number of nitrogen functional groups attached to an aromatic ring is 1. The molecule has 7 nitrogen and oxygen atoms in total. The zero-order valence-electron chi connectivity index (χ0n) is 11.2. The summed E-state index contributed by atoms with van der Waals surface area (Å²) in [6, 6.07) is 4.47. The van der Waals surface area contributed by atoms with Crippen LogP contribution in [-0.4, -0.2) is 38.9 Å². The highest BCUT2D eigenvalue weighted by Crippen LogP contribution is 2.22. The molecule has 2 rings (SSSR count). The van der Waals surface area contributed by atoms with Gasteiger partial charge in [0.05, 0.1) is 4.90 Å². The summed E-state index contributed by atoms with van der Waals surface area (Å²) in [5, 5.41) is 8.30. The van der Waals surface area contributed by atoms with Crippen LogP contribution in [0, 0.1) is 0 Å². The van der Waals surface area contributed by atoms with Gasteiger partial charge >= 0.3 is 0 Å². The Bertz CT molecular complexity index is 630. The number of rotatable bonds is 3. The van der Waals surface area contributed by atoms with Gasteiger partial charge < -0.3 is 16.0 Å². The van der Waals surface area contributed by atoms with E-state index in [1.54, 1.807) is 18.0 Å². The molecule has 5 N–H and O–H groups in total. The van der Waals surface area contributed by atoms with E-state index in [-0.39, 0.29) is 16.8 Å². The van der Waals surface area contributed by atoms with E-state index in [4.69, 9.17) is 10.9 Å². The van der Waals surface area contributed by atoms with Gasteiger partial charge in [0.1, 0.15) is 0 Å². The molecule has 1 saturated heterocycles. The summed E-state index contributed by atoms with van der Waals surface area (Å²) in [5.74, 6) is 0.112. The lowest BCUT2D eigenvalue weighted by Gasteiger charge is -2.31. The third-order valence-electron chi connectivity index (χ3n) is 3.25. The number of nitrogens with one attached hydrogen (secondary N) is 1. The minimum absolute atomic E-state index is 0.0276. The molecule has 0 aliphatic carbocycles. The number of amides is 1. The van der Waals surface area contributed by atoms with Gasteiger partial charge in [-0.15, -0.1) is 0 Å². The molecule has 20 heavy (non-hydrogen) atoms. The summed E-state index contributed by atoms with van der Waals surface area (Å²) in [7, 11) is -2.05. The molecule has 0 spiro atoms. The first-order valence-electron chi connectivity index (χ1n) is 6.19. The van der Waals surface area contributed by atoms with E-state index in [0.29, 0.717) is 30.8 Å². The Kier molecular flexibility index (Phi) is 3.87. The monoisotopic (exact) mass is 298 g/mol. The highest BCUT2D eigenvalue weighted by molar-refractivity contribution is 7.89. The number of nitrogens with two attached hydrogens (primary N) is 2. The van der Waals surface area contributed by atoms with E-state index in [1.807, 2.05) is 0 Å². The third-order valence-corrected chi connectivity index (χ3v) is 4.15. The van der Waals surface area contributed by atoms with E-state index >= 15 is 0 Å². The van der Waals surface area contributed by atoms with Crippen LogP contribution in [0.4, 0.5) is 11.4 Å². The normalized spacial score (nSPS) is 20.0. The number of carbonyl (C=O) groups is 1. The van der Waals surface area contributed by atoms with Crippen molar-refractivity contribution < 1.29 is 13.2 Å². The van der Waals surface area contributed by atoms with Crippen molar-refractivity contribution in [2.75, 3.05) is 24.6 Å². The van der Waals surface area contributed by atoms with Gasteiger partial charge in [-0.2, -0.15) is 0 Å². The zero-order chi connectivity index (χ0) is 14.9. The molecule has 1 heterocycles. The standard InChI is InChI=1S/C12H18N4O3S/c1-16-7-9(2-3-12(16)17)15-10-4-8(13)5-11(6-10)20(14,18)19/h4-6,9,15H,2-3,7,13H2,1H3,(H2,14,18,19). The Labute approximate surface area is 118 Å². The van der Waals surface area contributed by atoms with Crippen LogP contribution in [0.1, 0.15) is 12.8 Å². The molecule has 0 radical (unpaired) electrons. The van der Waals surface area contributed by atoms with Gasteiger partial charge in [0.25, 0.3) is 0 Å². The number of likely N-dealkylation sites (tertiary alicyclic amines) is 1. The summed E-state index contributed by atoms with van der Waals surface area (Å²) in [6.45, 7) is 0.568. The Morgan fingerprint density at radius 1 is 1.35 bits per heavy atom. The molecule has 1 fully saturated rings. The fourth-order valence-electron chi connectivity index (χ4n) is 2.24. The quantitative estimate of drug-likeness (QED) is 0.676. The molecular formula is C12H18N4O3S. The van der Waals surface area contributed by atoms with Crippen LogP contribution in [0.15, 0.2) is 23.1 Å². The number of likely N-dealkylation sites (N-methyl/N-ethyl adjacent to an activating group) is 1. The van der Waals surface area contributed by atoms with Crippen LogP contribution < -0.4 is 16.2 Å². The van der Waals surface area contributed by atoms with Gasteiger partial charge in [-0.3, -0.25) is 4.79 Å². The van der Waals surface area contributed by atoms with Gasteiger partial charge in [-0.05, 0) is 24.6 Å². The first-order chi connectivity index (χ1) is 9.25. The first-order valence-corrected chi connectivity index (χ1v) is 7.74. The second-order valence-corrected chi connectivity index (χ2v) is 6.55. The van der Waals surface area contributed by atoms with E-state index < -0.39 is 10.0 Å². The maximum Gasteiger partial charge on any atom is 0.238 e. The molecule has 1 aromatic rings. The number of anilines is 2. The van der Waals surface area contributed by atoms with Gasteiger partial charge in [0.2, 0.25) is 15.9 Å². The van der Waals surface area contributed by atoms with Gasteiger partial charge in [-0.25, -0.2) is 13.6 Å². The molecule has 1 unspecified atom stereocenters. The number of piperidine rings is 1. The maximum absolute atomic E-state index is 11.4. The van der Waals surface area contributed by atoms with Crippen LogP contribution in [0.2, 0.25) is 0 Å². The van der Waals surface area contributed by atoms with Crippen molar-refractivity contribution in [2.24, 2.45) is 5.14 Å². The Hall–Kier alpha value is -1.80. The lowest BCUT2D eigenvalue weighted by molar-refractivity contribution is -0.132. The number of sulfonamides is 1. The molecule has 1 aliphatic rings. The minimum Gasteiger partial charge on any atom is -0.399 e.